The monoisotopic (exact) mass is 294 g/mol. The molecule has 21 heavy (non-hydrogen) atoms. The van der Waals surface area contributed by atoms with Crippen LogP contribution in [0.2, 0.25) is 0 Å². The summed E-state index contributed by atoms with van der Waals surface area (Å²) < 4.78 is 5.05. The van der Waals surface area contributed by atoms with Gasteiger partial charge in [-0.2, -0.15) is 0 Å². The highest BCUT2D eigenvalue weighted by molar-refractivity contribution is 5.87. The number of methoxy groups -OCH3 is 1. The number of carboxylic acid groups (broad SMARTS) is 1. The van der Waals surface area contributed by atoms with Gasteiger partial charge in [0.2, 0.25) is 0 Å². The van der Waals surface area contributed by atoms with E-state index in [1.165, 1.54) is 6.07 Å². The average molecular weight is 294 g/mol. The van der Waals surface area contributed by atoms with Gasteiger partial charge in [-0.05, 0) is 31.5 Å². The van der Waals surface area contributed by atoms with Crippen molar-refractivity contribution in [3.8, 4) is 0 Å². The first kappa shape index (κ1) is 17.0. The molecule has 1 rings (SSSR count). The van der Waals surface area contributed by atoms with Crippen molar-refractivity contribution in [2.24, 2.45) is 0 Å². The minimum absolute atomic E-state index is 0.0228. The summed E-state index contributed by atoms with van der Waals surface area (Å²) in [6.07, 6.45) is 0. The van der Waals surface area contributed by atoms with E-state index in [-0.39, 0.29) is 24.2 Å². The van der Waals surface area contributed by atoms with Gasteiger partial charge >= 0.3 is 12.0 Å². The number of benzene rings is 1. The highest BCUT2D eigenvalue weighted by Gasteiger charge is 2.17. The van der Waals surface area contributed by atoms with Gasteiger partial charge in [0.05, 0.1) is 18.2 Å². The lowest BCUT2D eigenvalue weighted by Crippen LogP contribution is -2.46. The number of nitrogens with one attached hydrogen (secondary N) is 1. The van der Waals surface area contributed by atoms with Gasteiger partial charge in [-0.25, -0.2) is 9.59 Å². The molecule has 6 heteroatoms. The van der Waals surface area contributed by atoms with Crippen LogP contribution in [0.3, 0.4) is 0 Å². The van der Waals surface area contributed by atoms with Gasteiger partial charge in [0.15, 0.2) is 0 Å². The number of carbonyl (C=O) groups is 2. The fourth-order valence-electron chi connectivity index (χ4n) is 2.08. The highest BCUT2D eigenvalue weighted by Crippen LogP contribution is 2.06. The Morgan fingerprint density at radius 2 is 2.14 bits per heavy atom. The Bertz CT molecular complexity index is 490. The molecule has 0 saturated carbocycles. The number of amides is 2. The minimum atomic E-state index is -0.980. The molecule has 1 atom stereocenters. The number of nitrogens with zero attached hydrogens (tertiary/aromatic N) is 1. The van der Waals surface area contributed by atoms with E-state index in [4.69, 9.17) is 9.84 Å². The number of carbonyl (C=O) groups excluding carboxylic acids is 1. The Balaban J connectivity index is 2.63. The molecule has 0 aliphatic rings. The largest absolute Gasteiger partial charge is 0.478 e. The van der Waals surface area contributed by atoms with Gasteiger partial charge < -0.3 is 20.1 Å². The van der Waals surface area contributed by atoms with Crippen LogP contribution >= 0.6 is 0 Å². The molecule has 2 amide bonds. The van der Waals surface area contributed by atoms with Crippen LogP contribution in [0.25, 0.3) is 0 Å². The fourth-order valence-corrected chi connectivity index (χ4v) is 2.08. The molecule has 2 N–H and O–H groups in total. The third kappa shape index (κ3) is 5.07. The predicted molar refractivity (Wildman–Crippen MR) is 79.4 cm³/mol. The summed E-state index contributed by atoms with van der Waals surface area (Å²) in [6, 6.07) is 6.30. The zero-order chi connectivity index (χ0) is 15.8. The number of aromatic carboxylic acids is 1. The van der Waals surface area contributed by atoms with E-state index >= 15 is 0 Å². The van der Waals surface area contributed by atoms with Crippen molar-refractivity contribution in [2.45, 2.75) is 26.4 Å². The van der Waals surface area contributed by atoms with Crippen molar-refractivity contribution in [2.75, 3.05) is 20.3 Å². The summed E-state index contributed by atoms with van der Waals surface area (Å²) >= 11 is 0. The van der Waals surface area contributed by atoms with Crippen LogP contribution in [0, 0.1) is 0 Å². The molecule has 116 valence electrons. The summed E-state index contributed by atoms with van der Waals surface area (Å²) in [7, 11) is 1.60. The number of ether oxygens (including phenoxy) is 1. The van der Waals surface area contributed by atoms with Gasteiger partial charge in [-0.15, -0.1) is 0 Å². The molecule has 0 radical (unpaired) electrons. The molecule has 1 aromatic carbocycles. The van der Waals surface area contributed by atoms with Crippen LogP contribution < -0.4 is 5.32 Å². The molecular formula is C15H22N2O4. The summed E-state index contributed by atoms with van der Waals surface area (Å²) in [6.45, 7) is 5.14. The van der Waals surface area contributed by atoms with Gasteiger partial charge in [-0.3, -0.25) is 0 Å². The third-order valence-corrected chi connectivity index (χ3v) is 3.16. The van der Waals surface area contributed by atoms with Crippen molar-refractivity contribution in [3.05, 3.63) is 35.4 Å². The number of carboxylic acids is 1. The maximum absolute atomic E-state index is 12.1. The van der Waals surface area contributed by atoms with Gasteiger partial charge in [0.25, 0.3) is 0 Å². The molecule has 0 saturated heterocycles. The second kappa shape index (κ2) is 8.26. The van der Waals surface area contributed by atoms with E-state index in [0.29, 0.717) is 13.2 Å². The molecule has 0 bridgehead atoms. The molecule has 0 fully saturated rings. The van der Waals surface area contributed by atoms with Gasteiger partial charge in [0, 0.05) is 20.2 Å². The van der Waals surface area contributed by atoms with Crippen molar-refractivity contribution in [3.63, 3.8) is 0 Å². The molecular weight excluding hydrogens is 272 g/mol. The van der Waals surface area contributed by atoms with Gasteiger partial charge in [0.1, 0.15) is 0 Å². The van der Waals surface area contributed by atoms with Crippen LogP contribution in [-0.2, 0) is 11.3 Å². The number of rotatable bonds is 7. The van der Waals surface area contributed by atoms with E-state index in [1.807, 2.05) is 13.8 Å². The van der Waals surface area contributed by atoms with E-state index in [0.717, 1.165) is 5.56 Å². The van der Waals surface area contributed by atoms with E-state index < -0.39 is 5.97 Å². The molecule has 0 aliphatic carbocycles. The zero-order valence-corrected chi connectivity index (χ0v) is 12.6. The topological polar surface area (TPSA) is 78.9 Å². The van der Waals surface area contributed by atoms with Gasteiger partial charge in [-0.1, -0.05) is 12.1 Å². The van der Waals surface area contributed by atoms with Crippen LogP contribution in [0.4, 0.5) is 4.79 Å². The molecule has 6 nitrogen and oxygen atoms in total. The summed E-state index contributed by atoms with van der Waals surface area (Å²) in [4.78, 5) is 24.7. The van der Waals surface area contributed by atoms with E-state index in [9.17, 15) is 9.59 Å². The molecule has 0 aromatic heterocycles. The number of hydrogen-bond donors (Lipinski definition) is 2. The fraction of sp³-hybridized carbons (Fsp3) is 0.467. The Hall–Kier alpha value is -2.08. The number of likely N-dealkylation sites (N-methyl/N-ethyl adjacent to an activating group) is 1. The Labute approximate surface area is 124 Å². The summed E-state index contributed by atoms with van der Waals surface area (Å²) in [5.41, 5.74) is 0.959. The smallest absolute Gasteiger partial charge is 0.335 e. The second-order valence-electron chi connectivity index (χ2n) is 4.75. The molecule has 0 aliphatic heterocycles. The maximum Gasteiger partial charge on any atom is 0.335 e. The van der Waals surface area contributed by atoms with Crippen molar-refractivity contribution in [1.82, 2.24) is 10.2 Å². The quantitative estimate of drug-likeness (QED) is 0.805. The lowest BCUT2D eigenvalue weighted by atomic mass is 10.1. The normalized spacial score (nSPS) is 11.8. The third-order valence-electron chi connectivity index (χ3n) is 3.16. The Morgan fingerprint density at radius 1 is 1.43 bits per heavy atom. The van der Waals surface area contributed by atoms with Crippen molar-refractivity contribution >= 4 is 12.0 Å². The van der Waals surface area contributed by atoms with Crippen LogP contribution in [-0.4, -0.2) is 48.3 Å². The molecule has 1 aromatic rings. The lowest BCUT2D eigenvalue weighted by molar-refractivity contribution is 0.0696. The number of hydrogen-bond acceptors (Lipinski definition) is 3. The van der Waals surface area contributed by atoms with Crippen molar-refractivity contribution in [1.29, 1.82) is 0 Å². The molecule has 0 heterocycles. The highest BCUT2D eigenvalue weighted by atomic mass is 16.5. The maximum atomic E-state index is 12.1. The standard InChI is InChI=1S/C15H22N2O4/c1-4-17(11(2)10-21-3)15(20)16-9-12-6-5-7-13(8-12)14(18)19/h5-8,11H,4,9-10H2,1-3H3,(H,16,20)(H,18,19). The van der Waals surface area contributed by atoms with Crippen LogP contribution in [0.5, 0.6) is 0 Å². The average Bonchev–Trinajstić information content (AvgIpc) is 2.46. The first-order valence-corrected chi connectivity index (χ1v) is 6.85. The zero-order valence-electron chi connectivity index (χ0n) is 12.6. The number of urea groups is 1. The molecule has 0 spiro atoms. The second-order valence-corrected chi connectivity index (χ2v) is 4.75. The molecule has 1 unspecified atom stereocenters. The van der Waals surface area contributed by atoms with E-state index in [2.05, 4.69) is 5.32 Å². The van der Waals surface area contributed by atoms with E-state index in [1.54, 1.807) is 30.2 Å². The first-order valence-electron chi connectivity index (χ1n) is 6.85. The SMILES string of the molecule is CCN(C(=O)NCc1cccc(C(=O)O)c1)C(C)COC. The summed E-state index contributed by atoms with van der Waals surface area (Å²) in [5.74, 6) is -0.980. The van der Waals surface area contributed by atoms with Crippen molar-refractivity contribution < 1.29 is 19.4 Å². The minimum Gasteiger partial charge on any atom is -0.478 e. The van der Waals surface area contributed by atoms with Crippen LogP contribution in [0.1, 0.15) is 29.8 Å². The lowest BCUT2D eigenvalue weighted by Gasteiger charge is -2.27. The summed E-state index contributed by atoms with van der Waals surface area (Å²) in [5, 5.41) is 11.7. The van der Waals surface area contributed by atoms with Crippen LogP contribution in [0.15, 0.2) is 24.3 Å². The Morgan fingerprint density at radius 3 is 2.71 bits per heavy atom. The predicted octanol–water partition coefficient (Wildman–Crippen LogP) is 1.95. The Kier molecular flexibility index (Phi) is 6.68. The first-order chi connectivity index (χ1) is 9.99.